The van der Waals surface area contributed by atoms with Crippen molar-refractivity contribution >= 4 is 23.0 Å². The number of thiocarbonyl (C=S) groups is 1. The summed E-state index contributed by atoms with van der Waals surface area (Å²) in [4.78, 5) is 0. The van der Waals surface area contributed by atoms with Crippen LogP contribution < -0.4 is 10.6 Å². The van der Waals surface area contributed by atoms with E-state index < -0.39 is 11.6 Å². The first-order valence-corrected chi connectivity index (χ1v) is 7.38. The maximum Gasteiger partial charge on any atom is 0.171 e. The van der Waals surface area contributed by atoms with Crippen molar-refractivity contribution in [3.8, 4) is 0 Å². The molecule has 0 amide bonds. The molecule has 2 nitrogen and oxygen atoms in total. The van der Waals surface area contributed by atoms with Gasteiger partial charge in [-0.1, -0.05) is 29.8 Å². The number of rotatable bonds is 3. The number of para-hydroxylation sites is 1. The van der Waals surface area contributed by atoms with E-state index in [2.05, 4.69) is 16.7 Å². The zero-order valence-corrected chi connectivity index (χ0v) is 13.5. The van der Waals surface area contributed by atoms with E-state index in [0.29, 0.717) is 0 Å². The molecule has 0 aliphatic heterocycles. The van der Waals surface area contributed by atoms with Crippen LogP contribution in [0.2, 0.25) is 0 Å². The Morgan fingerprint density at radius 2 is 1.73 bits per heavy atom. The van der Waals surface area contributed by atoms with Gasteiger partial charge in [0.2, 0.25) is 0 Å². The molecule has 0 aliphatic rings. The summed E-state index contributed by atoms with van der Waals surface area (Å²) in [6.07, 6.45) is 0. The summed E-state index contributed by atoms with van der Waals surface area (Å²) in [6.45, 7) is 5.98. The molecule has 2 aromatic rings. The van der Waals surface area contributed by atoms with Crippen molar-refractivity contribution in [2.45, 2.75) is 26.8 Å². The molecular weight excluding hydrogens is 302 g/mol. The Labute approximate surface area is 134 Å². The predicted octanol–water partition coefficient (Wildman–Crippen LogP) is 4.63. The molecule has 1 atom stereocenters. The van der Waals surface area contributed by atoms with E-state index in [1.54, 1.807) is 0 Å². The molecule has 0 aromatic heterocycles. The van der Waals surface area contributed by atoms with Gasteiger partial charge in [0.05, 0.1) is 6.04 Å². The second kappa shape index (κ2) is 6.83. The molecule has 0 bridgehead atoms. The molecule has 0 saturated carbocycles. The van der Waals surface area contributed by atoms with Gasteiger partial charge < -0.3 is 10.6 Å². The minimum absolute atomic E-state index is 0.0743. The van der Waals surface area contributed by atoms with Crippen LogP contribution in [0.4, 0.5) is 14.5 Å². The van der Waals surface area contributed by atoms with Crippen molar-refractivity contribution < 1.29 is 8.78 Å². The van der Waals surface area contributed by atoms with Crippen molar-refractivity contribution in [1.82, 2.24) is 5.32 Å². The molecule has 22 heavy (non-hydrogen) atoms. The summed E-state index contributed by atoms with van der Waals surface area (Å²) in [7, 11) is 0. The first-order valence-electron chi connectivity index (χ1n) is 6.97. The van der Waals surface area contributed by atoms with Crippen molar-refractivity contribution in [2.24, 2.45) is 0 Å². The van der Waals surface area contributed by atoms with Crippen LogP contribution in [0.25, 0.3) is 0 Å². The Morgan fingerprint density at radius 1 is 1.09 bits per heavy atom. The average molecular weight is 320 g/mol. The quantitative estimate of drug-likeness (QED) is 0.806. The van der Waals surface area contributed by atoms with Gasteiger partial charge in [-0.15, -0.1) is 0 Å². The number of nitrogens with one attached hydrogen (secondary N) is 2. The van der Waals surface area contributed by atoms with Gasteiger partial charge in [-0.25, -0.2) is 8.78 Å². The van der Waals surface area contributed by atoms with Crippen LogP contribution in [-0.2, 0) is 0 Å². The molecule has 0 spiro atoms. The molecule has 2 aromatic carbocycles. The highest BCUT2D eigenvalue weighted by atomic mass is 32.1. The van der Waals surface area contributed by atoms with Gasteiger partial charge in [0, 0.05) is 0 Å². The van der Waals surface area contributed by atoms with E-state index in [0.717, 1.165) is 16.7 Å². The van der Waals surface area contributed by atoms with Gasteiger partial charge in [-0.3, -0.25) is 0 Å². The maximum atomic E-state index is 13.6. The summed E-state index contributed by atoms with van der Waals surface area (Å²) >= 11 is 5.15. The fourth-order valence-electron chi connectivity index (χ4n) is 2.27. The molecule has 0 radical (unpaired) electrons. The lowest BCUT2D eigenvalue weighted by molar-refractivity contribution is 0.590. The minimum atomic E-state index is -0.677. The molecule has 0 aliphatic carbocycles. The van der Waals surface area contributed by atoms with Gasteiger partial charge in [-0.05, 0) is 56.2 Å². The lowest BCUT2D eigenvalue weighted by atomic mass is 10.0. The highest BCUT2D eigenvalue weighted by Crippen LogP contribution is 2.21. The molecule has 0 unspecified atom stereocenters. The van der Waals surface area contributed by atoms with Gasteiger partial charge in [0.25, 0.3) is 0 Å². The molecule has 0 saturated heterocycles. The second-order valence-electron chi connectivity index (χ2n) is 5.28. The minimum Gasteiger partial charge on any atom is -0.356 e. The summed E-state index contributed by atoms with van der Waals surface area (Å²) in [6, 6.07) is 9.75. The third-order valence-corrected chi connectivity index (χ3v) is 3.67. The Kier molecular flexibility index (Phi) is 5.08. The summed E-state index contributed by atoms with van der Waals surface area (Å²) in [5.74, 6) is -1.35. The Hall–Kier alpha value is -2.01. The van der Waals surface area contributed by atoms with E-state index >= 15 is 0 Å². The first kappa shape index (κ1) is 16.4. The Morgan fingerprint density at radius 3 is 2.36 bits per heavy atom. The molecule has 0 heterocycles. The number of halogens is 2. The Bertz CT molecular complexity index is 681. The predicted molar refractivity (Wildman–Crippen MR) is 90.0 cm³/mol. The van der Waals surface area contributed by atoms with Gasteiger partial charge in [0.1, 0.15) is 17.3 Å². The van der Waals surface area contributed by atoms with Crippen LogP contribution in [0.1, 0.15) is 29.7 Å². The van der Waals surface area contributed by atoms with Crippen LogP contribution >= 0.6 is 12.2 Å². The summed E-state index contributed by atoms with van der Waals surface area (Å²) in [5.41, 5.74) is 3.13. The molecule has 2 rings (SSSR count). The monoisotopic (exact) mass is 320 g/mol. The molecule has 5 heteroatoms. The molecule has 0 fully saturated rings. The molecule has 2 N–H and O–H groups in total. The van der Waals surface area contributed by atoms with Crippen molar-refractivity contribution in [3.05, 3.63) is 64.7 Å². The fraction of sp³-hybridized carbons (Fsp3) is 0.235. The lowest BCUT2D eigenvalue weighted by Crippen LogP contribution is -2.31. The van der Waals surface area contributed by atoms with E-state index in [1.165, 1.54) is 18.2 Å². The number of benzene rings is 2. The van der Waals surface area contributed by atoms with Crippen LogP contribution in [-0.4, -0.2) is 5.11 Å². The van der Waals surface area contributed by atoms with Crippen molar-refractivity contribution in [2.75, 3.05) is 5.32 Å². The SMILES string of the molecule is Cc1ccc(C)c([C@@H](C)NC(=S)Nc2c(F)cccc2F)c1. The van der Waals surface area contributed by atoms with Crippen LogP contribution in [0.5, 0.6) is 0 Å². The van der Waals surface area contributed by atoms with E-state index in [9.17, 15) is 8.78 Å². The normalized spacial score (nSPS) is 11.9. The molecular formula is C17H18F2N2S. The third kappa shape index (κ3) is 3.80. The highest BCUT2D eigenvalue weighted by molar-refractivity contribution is 7.80. The first-order chi connectivity index (χ1) is 10.4. The standard InChI is InChI=1S/C17H18F2N2S/c1-10-7-8-11(2)13(9-10)12(3)20-17(22)21-16-14(18)5-4-6-15(16)19/h4-9,12H,1-3H3,(H2,20,21,22)/t12-/m1/s1. The smallest absolute Gasteiger partial charge is 0.171 e. The summed E-state index contributed by atoms with van der Waals surface area (Å²) in [5, 5.41) is 5.82. The lowest BCUT2D eigenvalue weighted by Gasteiger charge is -2.20. The highest BCUT2D eigenvalue weighted by Gasteiger charge is 2.13. The van der Waals surface area contributed by atoms with E-state index in [-0.39, 0.29) is 16.8 Å². The van der Waals surface area contributed by atoms with Gasteiger partial charge in [-0.2, -0.15) is 0 Å². The Balaban J connectivity index is 2.10. The van der Waals surface area contributed by atoms with Gasteiger partial charge >= 0.3 is 0 Å². The average Bonchev–Trinajstić information content (AvgIpc) is 2.45. The van der Waals surface area contributed by atoms with Crippen molar-refractivity contribution in [1.29, 1.82) is 0 Å². The van der Waals surface area contributed by atoms with Crippen LogP contribution in [0.15, 0.2) is 36.4 Å². The van der Waals surface area contributed by atoms with Crippen molar-refractivity contribution in [3.63, 3.8) is 0 Å². The molecule has 116 valence electrons. The number of hydrogen-bond donors (Lipinski definition) is 2. The maximum absolute atomic E-state index is 13.6. The largest absolute Gasteiger partial charge is 0.356 e. The topological polar surface area (TPSA) is 24.1 Å². The zero-order valence-electron chi connectivity index (χ0n) is 12.7. The number of hydrogen-bond acceptors (Lipinski definition) is 1. The van der Waals surface area contributed by atoms with Crippen LogP contribution in [0.3, 0.4) is 0 Å². The second-order valence-corrected chi connectivity index (χ2v) is 5.69. The zero-order chi connectivity index (χ0) is 16.3. The third-order valence-electron chi connectivity index (χ3n) is 3.45. The number of anilines is 1. The van der Waals surface area contributed by atoms with Gasteiger partial charge in [0.15, 0.2) is 5.11 Å². The summed E-state index contributed by atoms with van der Waals surface area (Å²) < 4.78 is 27.2. The van der Waals surface area contributed by atoms with E-state index in [4.69, 9.17) is 12.2 Å². The van der Waals surface area contributed by atoms with E-state index in [1.807, 2.05) is 32.9 Å². The fourth-order valence-corrected chi connectivity index (χ4v) is 2.55. The van der Waals surface area contributed by atoms with Crippen LogP contribution in [0, 0.1) is 25.5 Å². The number of aryl methyl sites for hydroxylation is 2.